The fraction of sp³-hybridized carbons (Fsp3) is 0.792. The first-order valence-electron chi connectivity index (χ1n) is 11.3. The number of carbonyl (C=O) groups excluding carboxylic acids is 1. The van der Waals surface area contributed by atoms with Crippen LogP contribution in [0, 0.1) is 0 Å². The van der Waals surface area contributed by atoms with Crippen LogP contribution in [0.3, 0.4) is 0 Å². The summed E-state index contributed by atoms with van der Waals surface area (Å²) in [6.07, 6.45) is 22.5. The number of hydrogen-bond acceptors (Lipinski definition) is 3. The number of unbranched alkanes of at least 4 members (excludes halogenated alkanes) is 6. The zero-order valence-corrected chi connectivity index (χ0v) is 21.4. The van der Waals surface area contributed by atoms with Crippen LogP contribution in [0.15, 0.2) is 24.3 Å². The molecule has 0 aromatic heterocycles. The molecule has 0 heterocycles. The first-order chi connectivity index (χ1) is 13.1. The first kappa shape index (κ1) is 30.1. The minimum Gasteiger partial charge on any atom is -0.549 e. The SMILES string of the molecule is C/C=C/CCCCCC(CC)N(CC(=O)[O-])C(CC)CCCCC/C=C/C.[Na+]. The monoisotopic (exact) mass is 401 g/mol. The maximum atomic E-state index is 11.4. The number of nitrogens with zero attached hydrogens (tertiary/aromatic N) is 1. The van der Waals surface area contributed by atoms with Gasteiger partial charge in [-0.05, 0) is 65.2 Å². The summed E-state index contributed by atoms with van der Waals surface area (Å²) in [5.41, 5.74) is 0. The number of allylic oxidation sites excluding steroid dienone is 4. The van der Waals surface area contributed by atoms with Crippen LogP contribution in [0.4, 0.5) is 0 Å². The number of carbonyl (C=O) groups is 1. The van der Waals surface area contributed by atoms with Gasteiger partial charge in [-0.15, -0.1) is 0 Å². The van der Waals surface area contributed by atoms with Gasteiger partial charge in [0, 0.05) is 18.6 Å². The Bertz CT molecular complexity index is 379. The van der Waals surface area contributed by atoms with Gasteiger partial charge in [-0.25, -0.2) is 0 Å². The summed E-state index contributed by atoms with van der Waals surface area (Å²) in [6, 6.07) is 0.718. The molecule has 0 saturated heterocycles. The molecule has 0 aliphatic rings. The van der Waals surface area contributed by atoms with Crippen molar-refractivity contribution in [2.45, 2.75) is 117 Å². The van der Waals surface area contributed by atoms with Crippen molar-refractivity contribution >= 4 is 5.97 Å². The van der Waals surface area contributed by atoms with Gasteiger partial charge < -0.3 is 9.90 Å². The molecule has 0 aromatic carbocycles. The van der Waals surface area contributed by atoms with E-state index in [1.165, 1.54) is 38.5 Å². The average Bonchev–Trinajstić information content (AvgIpc) is 2.65. The van der Waals surface area contributed by atoms with E-state index in [2.05, 4.69) is 56.9 Å². The molecule has 0 N–H and O–H groups in total. The standard InChI is InChI=1S/C24H45NO2.Na/c1-5-9-11-13-15-17-19-22(7-3)25(21-24(26)27)23(8-4)20-18-16-14-12-10-6-2;/h5-6,9-10,22-23H,7-8,11-21H2,1-4H3,(H,26,27);/q;+1/p-1/b9-5+,10-6+;. The molecular formula is C24H44NNaO2. The van der Waals surface area contributed by atoms with Gasteiger partial charge in [0.25, 0.3) is 0 Å². The minimum absolute atomic E-state index is 0. The van der Waals surface area contributed by atoms with Crippen LogP contribution >= 0.6 is 0 Å². The molecule has 0 saturated carbocycles. The molecule has 2 atom stereocenters. The van der Waals surface area contributed by atoms with Crippen LogP contribution in [0.25, 0.3) is 0 Å². The Morgan fingerprint density at radius 1 is 0.821 bits per heavy atom. The molecule has 0 bridgehead atoms. The minimum atomic E-state index is -0.937. The van der Waals surface area contributed by atoms with Crippen molar-refractivity contribution < 1.29 is 39.5 Å². The van der Waals surface area contributed by atoms with E-state index in [4.69, 9.17) is 0 Å². The topological polar surface area (TPSA) is 43.4 Å². The van der Waals surface area contributed by atoms with E-state index >= 15 is 0 Å². The van der Waals surface area contributed by atoms with Gasteiger partial charge in [0.2, 0.25) is 0 Å². The third-order valence-electron chi connectivity index (χ3n) is 5.48. The Kier molecular flexibility index (Phi) is 23.2. The van der Waals surface area contributed by atoms with Crippen LogP contribution in [0.1, 0.15) is 105 Å². The summed E-state index contributed by atoms with van der Waals surface area (Å²) < 4.78 is 0. The largest absolute Gasteiger partial charge is 1.00 e. The second-order valence-electron chi connectivity index (χ2n) is 7.58. The number of carboxylic acids is 1. The van der Waals surface area contributed by atoms with Gasteiger partial charge in [-0.3, -0.25) is 4.90 Å². The molecule has 28 heavy (non-hydrogen) atoms. The first-order valence-corrected chi connectivity index (χ1v) is 11.3. The Morgan fingerprint density at radius 2 is 1.25 bits per heavy atom. The molecule has 0 aliphatic heterocycles. The van der Waals surface area contributed by atoms with Crippen molar-refractivity contribution in [3.63, 3.8) is 0 Å². The van der Waals surface area contributed by atoms with Gasteiger partial charge in [0.05, 0.1) is 5.97 Å². The predicted octanol–water partition coefficient (Wildman–Crippen LogP) is 2.65. The zero-order valence-electron chi connectivity index (χ0n) is 19.4. The van der Waals surface area contributed by atoms with Gasteiger partial charge in [-0.2, -0.15) is 0 Å². The molecule has 3 nitrogen and oxygen atoms in total. The van der Waals surface area contributed by atoms with Crippen molar-refractivity contribution in [3.8, 4) is 0 Å². The summed E-state index contributed by atoms with van der Waals surface area (Å²) in [5, 5.41) is 11.4. The molecule has 0 aliphatic carbocycles. The summed E-state index contributed by atoms with van der Waals surface area (Å²) in [7, 11) is 0. The van der Waals surface area contributed by atoms with Crippen molar-refractivity contribution in [3.05, 3.63) is 24.3 Å². The van der Waals surface area contributed by atoms with Crippen LogP contribution in [0.2, 0.25) is 0 Å². The van der Waals surface area contributed by atoms with E-state index < -0.39 is 5.97 Å². The third-order valence-corrected chi connectivity index (χ3v) is 5.48. The van der Waals surface area contributed by atoms with Crippen LogP contribution in [-0.2, 0) is 4.79 Å². The van der Waals surface area contributed by atoms with Crippen molar-refractivity contribution in [1.82, 2.24) is 4.90 Å². The molecule has 0 amide bonds. The molecule has 0 spiro atoms. The smallest absolute Gasteiger partial charge is 0.549 e. The molecular weight excluding hydrogens is 357 g/mol. The maximum absolute atomic E-state index is 11.4. The summed E-state index contributed by atoms with van der Waals surface area (Å²) in [6.45, 7) is 8.59. The Labute approximate surface area is 197 Å². The second kappa shape index (κ2) is 21.6. The Balaban J connectivity index is 0. The van der Waals surface area contributed by atoms with E-state index in [0.29, 0.717) is 12.1 Å². The Morgan fingerprint density at radius 3 is 1.57 bits per heavy atom. The van der Waals surface area contributed by atoms with E-state index in [1.54, 1.807) is 0 Å². The number of carboxylic acid groups (broad SMARTS) is 1. The predicted molar refractivity (Wildman–Crippen MR) is 116 cm³/mol. The third kappa shape index (κ3) is 15.8. The van der Waals surface area contributed by atoms with E-state index in [1.807, 2.05) is 0 Å². The number of hydrogen-bond donors (Lipinski definition) is 0. The summed E-state index contributed by atoms with van der Waals surface area (Å²) >= 11 is 0. The molecule has 0 rings (SSSR count). The summed E-state index contributed by atoms with van der Waals surface area (Å²) in [4.78, 5) is 13.6. The average molecular weight is 402 g/mol. The second-order valence-corrected chi connectivity index (χ2v) is 7.58. The molecule has 0 fully saturated rings. The van der Waals surface area contributed by atoms with E-state index in [-0.39, 0.29) is 36.1 Å². The fourth-order valence-corrected chi connectivity index (χ4v) is 3.89. The van der Waals surface area contributed by atoms with Gasteiger partial charge in [0.15, 0.2) is 0 Å². The van der Waals surface area contributed by atoms with Gasteiger partial charge in [-0.1, -0.05) is 63.8 Å². The van der Waals surface area contributed by atoms with E-state index in [0.717, 1.165) is 38.5 Å². The summed E-state index contributed by atoms with van der Waals surface area (Å²) in [5.74, 6) is -0.937. The zero-order chi connectivity index (χ0) is 20.3. The van der Waals surface area contributed by atoms with Crippen molar-refractivity contribution in [1.29, 1.82) is 0 Å². The van der Waals surface area contributed by atoms with Crippen LogP contribution in [-0.4, -0.2) is 29.5 Å². The van der Waals surface area contributed by atoms with Crippen LogP contribution in [0.5, 0.6) is 0 Å². The van der Waals surface area contributed by atoms with Crippen LogP contribution < -0.4 is 34.7 Å². The number of aliphatic carboxylic acids is 1. The van der Waals surface area contributed by atoms with Gasteiger partial charge in [0.1, 0.15) is 0 Å². The van der Waals surface area contributed by atoms with Crippen molar-refractivity contribution in [2.24, 2.45) is 0 Å². The molecule has 0 aromatic rings. The normalized spacial score (nSPS) is 13.9. The van der Waals surface area contributed by atoms with E-state index in [9.17, 15) is 9.90 Å². The molecule has 4 heteroatoms. The van der Waals surface area contributed by atoms with Crippen molar-refractivity contribution in [2.75, 3.05) is 6.54 Å². The fourth-order valence-electron chi connectivity index (χ4n) is 3.89. The Hall–Kier alpha value is -0.0900. The molecule has 158 valence electrons. The molecule has 0 radical (unpaired) electrons. The molecule has 2 unspecified atom stereocenters. The quantitative estimate of drug-likeness (QED) is 0.201. The maximum Gasteiger partial charge on any atom is 1.00 e. The van der Waals surface area contributed by atoms with Gasteiger partial charge >= 0.3 is 29.6 Å². The number of rotatable bonds is 18.